The first-order valence-electron chi connectivity index (χ1n) is 8.33. The molecule has 1 aliphatic rings. The van der Waals surface area contributed by atoms with E-state index in [4.69, 9.17) is 17.0 Å². The number of thiocarbonyl (C=S) groups is 1. The second-order valence-corrected chi connectivity index (χ2v) is 6.23. The summed E-state index contributed by atoms with van der Waals surface area (Å²) in [6.07, 6.45) is 5.98. The molecule has 0 amide bonds. The summed E-state index contributed by atoms with van der Waals surface area (Å²) in [4.78, 5) is 11.4. The van der Waals surface area contributed by atoms with E-state index >= 15 is 0 Å². The zero-order valence-electron chi connectivity index (χ0n) is 14.1. The van der Waals surface area contributed by atoms with Gasteiger partial charge in [0.1, 0.15) is 5.82 Å². The number of rotatable bonds is 6. The number of hydrogen-bond acceptors (Lipinski definition) is 5. The average molecular weight is 337 g/mol. The smallest absolute Gasteiger partial charge is 0.231 e. The quantitative estimate of drug-likeness (QED) is 0.611. The summed E-state index contributed by atoms with van der Waals surface area (Å²) in [6.45, 7) is 5.61. The Bertz CT molecular complexity index is 503. The maximum atomic E-state index is 5.29. The van der Waals surface area contributed by atoms with Gasteiger partial charge in [-0.3, -0.25) is 0 Å². The van der Waals surface area contributed by atoms with Crippen LogP contribution >= 0.6 is 12.2 Å². The molecule has 0 bridgehead atoms. The maximum Gasteiger partial charge on any atom is 0.231 e. The predicted octanol–water partition coefficient (Wildman–Crippen LogP) is 2.49. The molecule has 0 spiro atoms. The van der Waals surface area contributed by atoms with Gasteiger partial charge in [0, 0.05) is 45.1 Å². The highest BCUT2D eigenvalue weighted by Crippen LogP contribution is 2.19. The Balaban J connectivity index is 1.95. The molecular formula is C16H27N5OS. The highest BCUT2D eigenvalue weighted by Gasteiger charge is 2.13. The summed E-state index contributed by atoms with van der Waals surface area (Å²) in [5.41, 5.74) is 0.948. The van der Waals surface area contributed by atoms with Crippen molar-refractivity contribution in [1.29, 1.82) is 0 Å². The lowest BCUT2D eigenvalue weighted by molar-refractivity contribution is 0.196. The molecule has 1 aliphatic heterocycles. The Labute approximate surface area is 144 Å². The molecule has 2 rings (SSSR count). The van der Waals surface area contributed by atoms with Gasteiger partial charge in [0.15, 0.2) is 5.11 Å². The molecule has 128 valence electrons. The third-order valence-corrected chi connectivity index (χ3v) is 4.05. The molecule has 6 nitrogen and oxygen atoms in total. The summed E-state index contributed by atoms with van der Waals surface area (Å²) >= 11 is 5.29. The standard InChI is InChI=1S/C16H27N5OS/c1-13-12-14(21-9-5-3-4-6-10-21)19-15(18-13)20-16(23)17-8-7-11-22-2/h12H,3-11H2,1-2H3,(H2,17,18,19,20,23). The van der Waals surface area contributed by atoms with Crippen molar-refractivity contribution in [2.75, 3.05) is 43.6 Å². The van der Waals surface area contributed by atoms with Crippen molar-refractivity contribution in [2.45, 2.75) is 39.0 Å². The molecule has 1 fully saturated rings. The zero-order chi connectivity index (χ0) is 16.5. The molecule has 2 N–H and O–H groups in total. The van der Waals surface area contributed by atoms with Gasteiger partial charge in [0.05, 0.1) is 0 Å². The summed E-state index contributed by atoms with van der Waals surface area (Å²) in [6, 6.07) is 2.05. The average Bonchev–Trinajstić information content (AvgIpc) is 2.80. The molecule has 0 unspecified atom stereocenters. The fraction of sp³-hybridized carbons (Fsp3) is 0.688. The fourth-order valence-corrected chi connectivity index (χ4v) is 2.83. The Hall–Kier alpha value is -1.47. The summed E-state index contributed by atoms with van der Waals surface area (Å²) in [5.74, 6) is 1.55. The fourth-order valence-electron chi connectivity index (χ4n) is 2.63. The van der Waals surface area contributed by atoms with Gasteiger partial charge in [-0.2, -0.15) is 4.98 Å². The van der Waals surface area contributed by atoms with Gasteiger partial charge in [-0.1, -0.05) is 12.8 Å². The van der Waals surface area contributed by atoms with Crippen LogP contribution in [0.2, 0.25) is 0 Å². The number of ether oxygens (including phenoxy) is 1. The van der Waals surface area contributed by atoms with Crippen LogP contribution in [0.4, 0.5) is 11.8 Å². The first kappa shape index (κ1) is 17.9. The van der Waals surface area contributed by atoms with E-state index in [-0.39, 0.29) is 0 Å². The first-order chi connectivity index (χ1) is 11.2. The number of aromatic nitrogens is 2. The molecule has 7 heteroatoms. The summed E-state index contributed by atoms with van der Waals surface area (Å²) in [7, 11) is 1.70. The molecule has 0 aromatic carbocycles. The predicted molar refractivity (Wildman–Crippen MR) is 98.2 cm³/mol. The van der Waals surface area contributed by atoms with Gasteiger partial charge in [-0.15, -0.1) is 0 Å². The van der Waals surface area contributed by atoms with Gasteiger partial charge in [-0.25, -0.2) is 4.98 Å². The molecular weight excluding hydrogens is 310 g/mol. The minimum Gasteiger partial charge on any atom is -0.385 e. The van der Waals surface area contributed by atoms with Crippen LogP contribution in [0, 0.1) is 6.92 Å². The number of nitrogens with zero attached hydrogens (tertiary/aromatic N) is 3. The van der Waals surface area contributed by atoms with Crippen molar-refractivity contribution in [1.82, 2.24) is 15.3 Å². The van der Waals surface area contributed by atoms with E-state index in [9.17, 15) is 0 Å². The lowest BCUT2D eigenvalue weighted by Crippen LogP contribution is -2.31. The van der Waals surface area contributed by atoms with E-state index in [2.05, 4.69) is 25.5 Å². The van der Waals surface area contributed by atoms with Crippen molar-refractivity contribution in [3.63, 3.8) is 0 Å². The van der Waals surface area contributed by atoms with Gasteiger partial charge >= 0.3 is 0 Å². The van der Waals surface area contributed by atoms with E-state index in [0.29, 0.717) is 11.1 Å². The first-order valence-corrected chi connectivity index (χ1v) is 8.74. The molecule has 1 aromatic rings. The van der Waals surface area contributed by atoms with Crippen LogP contribution < -0.4 is 15.5 Å². The van der Waals surface area contributed by atoms with Crippen molar-refractivity contribution in [3.8, 4) is 0 Å². The van der Waals surface area contributed by atoms with Crippen LogP contribution in [0.3, 0.4) is 0 Å². The molecule has 23 heavy (non-hydrogen) atoms. The second-order valence-electron chi connectivity index (χ2n) is 5.82. The third-order valence-electron chi connectivity index (χ3n) is 3.81. The highest BCUT2D eigenvalue weighted by atomic mass is 32.1. The molecule has 0 saturated carbocycles. The summed E-state index contributed by atoms with van der Waals surface area (Å²) in [5, 5.41) is 6.78. The van der Waals surface area contributed by atoms with E-state index in [1.165, 1.54) is 25.7 Å². The second kappa shape index (κ2) is 9.62. The normalized spacial score (nSPS) is 15.1. The topological polar surface area (TPSA) is 62.3 Å². The van der Waals surface area contributed by atoms with Crippen LogP contribution in [0.25, 0.3) is 0 Å². The summed E-state index contributed by atoms with van der Waals surface area (Å²) < 4.78 is 5.02. The largest absolute Gasteiger partial charge is 0.385 e. The van der Waals surface area contributed by atoms with Crippen molar-refractivity contribution >= 4 is 29.1 Å². The number of anilines is 2. The van der Waals surface area contributed by atoms with Crippen LogP contribution in [0.1, 0.15) is 37.8 Å². The number of aryl methyl sites for hydroxylation is 1. The van der Waals surface area contributed by atoms with Gasteiger partial charge in [0.25, 0.3) is 0 Å². The van der Waals surface area contributed by atoms with E-state index in [0.717, 1.165) is 44.2 Å². The Morgan fingerprint density at radius 2 is 2.00 bits per heavy atom. The molecule has 1 saturated heterocycles. The molecule has 0 atom stereocenters. The molecule has 0 radical (unpaired) electrons. The molecule has 0 aliphatic carbocycles. The van der Waals surface area contributed by atoms with Gasteiger partial charge in [-0.05, 0) is 38.4 Å². The van der Waals surface area contributed by atoms with E-state index in [1.54, 1.807) is 7.11 Å². The Kier molecular flexibility index (Phi) is 7.48. The highest BCUT2D eigenvalue weighted by molar-refractivity contribution is 7.80. The minimum atomic E-state index is 0.550. The third kappa shape index (κ3) is 6.27. The van der Waals surface area contributed by atoms with Crippen LogP contribution in [-0.2, 0) is 4.74 Å². The van der Waals surface area contributed by atoms with Crippen molar-refractivity contribution in [3.05, 3.63) is 11.8 Å². The minimum absolute atomic E-state index is 0.550. The Morgan fingerprint density at radius 3 is 2.70 bits per heavy atom. The van der Waals surface area contributed by atoms with E-state index < -0.39 is 0 Å². The number of nitrogens with one attached hydrogen (secondary N) is 2. The number of hydrogen-bond donors (Lipinski definition) is 2. The maximum absolute atomic E-state index is 5.29. The number of methoxy groups -OCH3 is 1. The molecule has 1 aromatic heterocycles. The van der Waals surface area contributed by atoms with Crippen molar-refractivity contribution in [2.24, 2.45) is 0 Å². The zero-order valence-corrected chi connectivity index (χ0v) is 14.9. The van der Waals surface area contributed by atoms with Crippen LogP contribution in [0.15, 0.2) is 6.07 Å². The van der Waals surface area contributed by atoms with Gasteiger partial charge in [0.2, 0.25) is 5.95 Å². The van der Waals surface area contributed by atoms with Crippen LogP contribution in [-0.4, -0.2) is 48.4 Å². The van der Waals surface area contributed by atoms with E-state index in [1.807, 2.05) is 13.0 Å². The lowest BCUT2D eigenvalue weighted by atomic mass is 10.2. The molecule has 2 heterocycles. The van der Waals surface area contributed by atoms with Crippen LogP contribution in [0.5, 0.6) is 0 Å². The SMILES string of the molecule is COCCCNC(=S)Nc1nc(C)cc(N2CCCCCC2)n1. The van der Waals surface area contributed by atoms with Crippen molar-refractivity contribution < 1.29 is 4.74 Å². The van der Waals surface area contributed by atoms with Gasteiger partial charge < -0.3 is 20.3 Å². The Morgan fingerprint density at radius 1 is 1.26 bits per heavy atom. The lowest BCUT2D eigenvalue weighted by Gasteiger charge is -2.22. The monoisotopic (exact) mass is 337 g/mol.